The Kier molecular flexibility index (Phi) is 7.40. The van der Waals surface area contributed by atoms with E-state index in [0.29, 0.717) is 24.0 Å². The summed E-state index contributed by atoms with van der Waals surface area (Å²) in [6, 6.07) is 15.8. The number of piperidine rings is 1. The lowest BCUT2D eigenvalue weighted by molar-refractivity contribution is 0.0941. The van der Waals surface area contributed by atoms with E-state index in [-0.39, 0.29) is 11.7 Å². The molecule has 4 rings (SSSR count). The Morgan fingerprint density at radius 2 is 1.91 bits per heavy atom. The van der Waals surface area contributed by atoms with Crippen LogP contribution in [0.25, 0.3) is 16.9 Å². The number of ether oxygens (including phenoxy) is 1. The Bertz CT molecular complexity index is 1060. The molecule has 0 spiro atoms. The molecular weight excluding hydrogens is 419 g/mol. The van der Waals surface area contributed by atoms with Crippen molar-refractivity contribution in [3.05, 3.63) is 66.1 Å². The van der Waals surface area contributed by atoms with Crippen LogP contribution in [0.5, 0.6) is 5.75 Å². The molecule has 1 unspecified atom stereocenters. The minimum atomic E-state index is -0.311. The highest BCUT2D eigenvalue weighted by atomic mass is 19.1. The van der Waals surface area contributed by atoms with Crippen LogP contribution in [0.1, 0.15) is 43.1 Å². The molecule has 1 N–H and O–H groups in total. The van der Waals surface area contributed by atoms with E-state index < -0.39 is 0 Å². The molecule has 7 heteroatoms. The number of hydrogen-bond donors (Lipinski definition) is 1. The average Bonchev–Trinajstić information content (AvgIpc) is 3.29. The van der Waals surface area contributed by atoms with Crippen LogP contribution in [0.4, 0.5) is 4.39 Å². The van der Waals surface area contributed by atoms with Gasteiger partial charge in [0.1, 0.15) is 17.3 Å². The summed E-state index contributed by atoms with van der Waals surface area (Å²) in [6.45, 7) is 5.00. The number of methoxy groups -OCH3 is 1. The number of benzene rings is 2. The lowest BCUT2D eigenvalue weighted by Gasteiger charge is -2.33. The summed E-state index contributed by atoms with van der Waals surface area (Å²) in [5.74, 6) is 0.232. The lowest BCUT2D eigenvalue weighted by Crippen LogP contribution is -2.39. The van der Waals surface area contributed by atoms with Crippen molar-refractivity contribution in [1.29, 1.82) is 0 Å². The van der Waals surface area contributed by atoms with Crippen molar-refractivity contribution in [2.75, 3.05) is 26.7 Å². The van der Waals surface area contributed by atoms with Gasteiger partial charge >= 0.3 is 0 Å². The Hall–Kier alpha value is -3.19. The number of nitrogens with zero attached hydrogens (tertiary/aromatic N) is 3. The highest BCUT2D eigenvalue weighted by molar-refractivity contribution is 5.94. The fourth-order valence-corrected chi connectivity index (χ4v) is 4.29. The molecule has 1 aliphatic rings. The van der Waals surface area contributed by atoms with Crippen LogP contribution >= 0.6 is 0 Å². The van der Waals surface area contributed by atoms with Crippen LogP contribution in [-0.4, -0.2) is 53.4 Å². The predicted octanol–water partition coefficient (Wildman–Crippen LogP) is 4.68. The molecule has 2 heterocycles. The number of amides is 1. The zero-order valence-corrected chi connectivity index (χ0v) is 19.3. The molecule has 1 saturated heterocycles. The van der Waals surface area contributed by atoms with Crippen LogP contribution in [0.3, 0.4) is 0 Å². The Morgan fingerprint density at radius 3 is 2.61 bits per heavy atom. The number of nitrogens with one attached hydrogen (secondary N) is 1. The van der Waals surface area contributed by atoms with Gasteiger partial charge in [0.05, 0.1) is 18.5 Å². The predicted molar refractivity (Wildman–Crippen MR) is 127 cm³/mol. The van der Waals surface area contributed by atoms with Crippen LogP contribution < -0.4 is 10.1 Å². The first kappa shape index (κ1) is 23.0. The van der Waals surface area contributed by atoms with E-state index in [1.165, 1.54) is 31.4 Å². The minimum Gasteiger partial charge on any atom is -0.497 e. The highest BCUT2D eigenvalue weighted by Gasteiger charge is 2.19. The summed E-state index contributed by atoms with van der Waals surface area (Å²) < 4.78 is 20.2. The second kappa shape index (κ2) is 10.6. The first-order valence-corrected chi connectivity index (χ1v) is 11.6. The number of rotatable bonds is 8. The molecule has 33 heavy (non-hydrogen) atoms. The average molecular weight is 451 g/mol. The van der Waals surface area contributed by atoms with Crippen molar-refractivity contribution >= 4 is 5.91 Å². The van der Waals surface area contributed by atoms with Gasteiger partial charge < -0.3 is 15.0 Å². The van der Waals surface area contributed by atoms with Crippen LogP contribution in [0, 0.1) is 5.82 Å². The van der Waals surface area contributed by atoms with Gasteiger partial charge in [0, 0.05) is 24.7 Å². The summed E-state index contributed by atoms with van der Waals surface area (Å²) in [5, 5.41) is 7.70. The number of halogens is 1. The molecule has 0 aliphatic carbocycles. The van der Waals surface area contributed by atoms with Crippen LogP contribution in [-0.2, 0) is 0 Å². The molecule has 174 valence electrons. The molecule has 2 aromatic carbocycles. The van der Waals surface area contributed by atoms with Gasteiger partial charge in [-0.15, -0.1) is 0 Å². The Balaban J connectivity index is 1.50. The third-order valence-electron chi connectivity index (χ3n) is 6.25. The zero-order valence-electron chi connectivity index (χ0n) is 19.3. The van der Waals surface area contributed by atoms with E-state index in [0.717, 1.165) is 36.5 Å². The summed E-state index contributed by atoms with van der Waals surface area (Å²) in [7, 11) is 1.61. The summed E-state index contributed by atoms with van der Waals surface area (Å²) in [4.78, 5) is 15.6. The third kappa shape index (κ3) is 5.60. The molecule has 3 aromatic rings. The smallest absolute Gasteiger partial charge is 0.270 e. The molecule has 1 fully saturated rings. The number of hydrogen-bond acceptors (Lipinski definition) is 4. The van der Waals surface area contributed by atoms with Gasteiger partial charge in [0.2, 0.25) is 0 Å². The second-order valence-corrected chi connectivity index (χ2v) is 8.52. The van der Waals surface area contributed by atoms with Gasteiger partial charge in [0.15, 0.2) is 0 Å². The van der Waals surface area contributed by atoms with Crippen molar-refractivity contribution < 1.29 is 13.9 Å². The van der Waals surface area contributed by atoms with Gasteiger partial charge in [-0.05, 0) is 87.3 Å². The van der Waals surface area contributed by atoms with E-state index in [4.69, 9.17) is 4.74 Å². The van der Waals surface area contributed by atoms with Crippen LogP contribution in [0.15, 0.2) is 54.6 Å². The van der Waals surface area contributed by atoms with E-state index >= 15 is 0 Å². The number of carbonyl (C=O) groups is 1. The maximum absolute atomic E-state index is 13.4. The fraction of sp³-hybridized carbons (Fsp3) is 0.385. The largest absolute Gasteiger partial charge is 0.497 e. The molecule has 1 aromatic heterocycles. The number of aromatic nitrogens is 2. The first-order valence-electron chi connectivity index (χ1n) is 11.6. The summed E-state index contributed by atoms with van der Waals surface area (Å²) in [5.41, 5.74) is 2.54. The number of likely N-dealkylation sites (tertiary alicyclic amines) is 1. The zero-order chi connectivity index (χ0) is 23.2. The van der Waals surface area contributed by atoms with Crippen LogP contribution in [0.2, 0.25) is 0 Å². The van der Waals surface area contributed by atoms with Crippen molar-refractivity contribution in [2.24, 2.45) is 0 Å². The second-order valence-electron chi connectivity index (χ2n) is 8.52. The third-order valence-corrected chi connectivity index (χ3v) is 6.25. The highest BCUT2D eigenvalue weighted by Crippen LogP contribution is 2.23. The van der Waals surface area contributed by atoms with Gasteiger partial charge in [-0.1, -0.05) is 6.42 Å². The molecule has 1 aliphatic heterocycles. The van der Waals surface area contributed by atoms with E-state index in [1.807, 2.05) is 24.3 Å². The maximum Gasteiger partial charge on any atom is 0.270 e. The summed E-state index contributed by atoms with van der Waals surface area (Å²) >= 11 is 0. The Morgan fingerprint density at radius 1 is 1.15 bits per heavy atom. The molecule has 0 radical (unpaired) electrons. The van der Waals surface area contributed by atoms with E-state index in [9.17, 15) is 9.18 Å². The van der Waals surface area contributed by atoms with E-state index in [1.54, 1.807) is 30.0 Å². The SMILES string of the molecule is COc1ccc(-n2nc(-c3ccc(F)cc3)cc2C(=O)NCCCN2CCCCC2C)cc1. The first-order chi connectivity index (χ1) is 16.0. The Labute approximate surface area is 194 Å². The molecule has 0 saturated carbocycles. The lowest BCUT2D eigenvalue weighted by atomic mass is 10.0. The topological polar surface area (TPSA) is 59.4 Å². The molecule has 1 atom stereocenters. The van der Waals surface area contributed by atoms with Gasteiger partial charge in [-0.2, -0.15) is 5.10 Å². The van der Waals surface area contributed by atoms with Gasteiger partial charge in [-0.25, -0.2) is 9.07 Å². The standard InChI is InChI=1S/C26H31FN4O2/c1-19-6-3-4-16-30(19)17-5-15-28-26(32)25-18-24(20-7-9-21(27)10-8-20)29-31(25)22-11-13-23(33-2)14-12-22/h7-14,18-19H,3-6,15-17H2,1-2H3,(H,28,32). The molecule has 6 nitrogen and oxygen atoms in total. The summed E-state index contributed by atoms with van der Waals surface area (Å²) in [6.07, 6.45) is 4.71. The minimum absolute atomic E-state index is 0.182. The maximum atomic E-state index is 13.4. The molecular formula is C26H31FN4O2. The van der Waals surface area contributed by atoms with Gasteiger partial charge in [-0.3, -0.25) is 4.79 Å². The molecule has 1 amide bonds. The molecule has 0 bridgehead atoms. The van der Waals surface area contributed by atoms with Gasteiger partial charge in [0.25, 0.3) is 5.91 Å². The quantitative estimate of drug-likeness (QED) is 0.506. The number of carbonyl (C=O) groups excluding carboxylic acids is 1. The van der Waals surface area contributed by atoms with Crippen molar-refractivity contribution in [2.45, 2.75) is 38.6 Å². The monoisotopic (exact) mass is 450 g/mol. The van der Waals surface area contributed by atoms with Crippen molar-refractivity contribution in [1.82, 2.24) is 20.0 Å². The fourth-order valence-electron chi connectivity index (χ4n) is 4.29. The van der Waals surface area contributed by atoms with Crippen molar-refractivity contribution in [3.63, 3.8) is 0 Å². The van der Waals surface area contributed by atoms with E-state index in [2.05, 4.69) is 22.2 Å². The normalized spacial score (nSPS) is 16.5. The van der Waals surface area contributed by atoms with Crippen molar-refractivity contribution in [3.8, 4) is 22.7 Å².